The van der Waals surface area contributed by atoms with Crippen molar-refractivity contribution in [1.82, 2.24) is 14.8 Å². The number of hydrogen-bond donors (Lipinski definition) is 1. The predicted molar refractivity (Wildman–Crippen MR) is 112 cm³/mol. The highest BCUT2D eigenvalue weighted by molar-refractivity contribution is 7.99. The molecule has 2 aromatic carbocycles. The maximum Gasteiger partial charge on any atom is 0.234 e. The molecule has 6 nitrogen and oxygen atoms in total. The van der Waals surface area contributed by atoms with Crippen LogP contribution in [0.2, 0.25) is 0 Å². The average molecular weight is 397 g/mol. The van der Waals surface area contributed by atoms with Gasteiger partial charge in [0, 0.05) is 12.7 Å². The monoisotopic (exact) mass is 396 g/mol. The number of thioether (sulfide) groups is 1. The van der Waals surface area contributed by atoms with Crippen LogP contribution in [-0.4, -0.2) is 26.4 Å². The van der Waals surface area contributed by atoms with Crippen molar-refractivity contribution in [2.45, 2.75) is 32.0 Å². The minimum Gasteiger partial charge on any atom is -0.483 e. The van der Waals surface area contributed by atoms with Crippen LogP contribution in [-0.2, 0) is 11.8 Å². The number of nitrogens with zero attached hydrogens (tertiary/aromatic N) is 3. The third-order valence-corrected chi connectivity index (χ3v) is 5.39. The molecule has 28 heavy (non-hydrogen) atoms. The van der Waals surface area contributed by atoms with Crippen molar-refractivity contribution in [3.8, 4) is 5.75 Å². The number of carbonyl (C=O) groups excluding carboxylic acids is 1. The molecule has 0 saturated carbocycles. The van der Waals surface area contributed by atoms with E-state index >= 15 is 0 Å². The zero-order valence-electron chi connectivity index (χ0n) is 16.5. The fourth-order valence-corrected chi connectivity index (χ4v) is 3.60. The Morgan fingerprint density at radius 2 is 1.79 bits per heavy atom. The van der Waals surface area contributed by atoms with E-state index in [4.69, 9.17) is 4.74 Å². The normalized spacial score (nSPS) is 11.9. The third kappa shape index (κ3) is 4.72. The first-order chi connectivity index (χ1) is 13.5. The molecular weight excluding hydrogens is 372 g/mol. The van der Waals surface area contributed by atoms with Crippen LogP contribution in [0.5, 0.6) is 5.75 Å². The van der Waals surface area contributed by atoms with Crippen LogP contribution in [0.3, 0.4) is 0 Å². The second-order valence-corrected chi connectivity index (χ2v) is 7.52. The van der Waals surface area contributed by atoms with Crippen LogP contribution >= 0.6 is 11.8 Å². The Kier molecular flexibility index (Phi) is 6.36. The van der Waals surface area contributed by atoms with Gasteiger partial charge in [-0.2, -0.15) is 0 Å². The van der Waals surface area contributed by atoms with Gasteiger partial charge >= 0.3 is 0 Å². The molecule has 1 unspecified atom stereocenters. The van der Waals surface area contributed by atoms with E-state index in [9.17, 15) is 4.79 Å². The number of carbonyl (C=O) groups is 1. The van der Waals surface area contributed by atoms with E-state index in [0.29, 0.717) is 11.0 Å². The molecule has 0 radical (unpaired) electrons. The fraction of sp³-hybridized carbons (Fsp3) is 0.286. The second-order valence-electron chi connectivity index (χ2n) is 6.58. The van der Waals surface area contributed by atoms with Gasteiger partial charge in [-0.3, -0.25) is 4.79 Å². The van der Waals surface area contributed by atoms with Gasteiger partial charge in [0.1, 0.15) is 5.75 Å². The van der Waals surface area contributed by atoms with E-state index in [1.807, 2.05) is 80.9 Å². The van der Waals surface area contributed by atoms with Crippen molar-refractivity contribution in [2.24, 2.45) is 7.05 Å². The minimum absolute atomic E-state index is 0.0689. The van der Waals surface area contributed by atoms with Crippen molar-refractivity contribution in [1.29, 1.82) is 0 Å². The summed E-state index contributed by atoms with van der Waals surface area (Å²) in [4.78, 5) is 12.4. The molecule has 1 atom stereocenters. The van der Waals surface area contributed by atoms with E-state index in [1.54, 1.807) is 0 Å². The standard InChI is InChI=1S/C21H24N4O2S/c1-14-9-8-10-15(2)19(14)22-18(26)13-28-21-24-23-20(25(21)4)16(3)27-17-11-6-5-7-12-17/h5-12,16H,13H2,1-4H3,(H,22,26). The highest BCUT2D eigenvalue weighted by Gasteiger charge is 2.18. The maximum absolute atomic E-state index is 12.4. The zero-order chi connectivity index (χ0) is 20.1. The lowest BCUT2D eigenvalue weighted by atomic mass is 10.1. The second kappa shape index (κ2) is 8.93. The van der Waals surface area contributed by atoms with Crippen LogP contribution in [0.15, 0.2) is 53.7 Å². The Bertz CT molecular complexity index is 936. The van der Waals surface area contributed by atoms with Crippen LogP contribution < -0.4 is 10.1 Å². The molecule has 0 saturated heterocycles. The summed E-state index contributed by atoms with van der Waals surface area (Å²) >= 11 is 1.35. The summed E-state index contributed by atoms with van der Waals surface area (Å²) in [6, 6.07) is 15.6. The van der Waals surface area contributed by atoms with E-state index in [2.05, 4.69) is 15.5 Å². The SMILES string of the molecule is Cc1cccc(C)c1NC(=O)CSc1nnc(C(C)Oc2ccccc2)n1C. The number of nitrogens with one attached hydrogen (secondary N) is 1. The lowest BCUT2D eigenvalue weighted by molar-refractivity contribution is -0.113. The van der Waals surface area contributed by atoms with E-state index in [0.717, 1.165) is 22.6 Å². The van der Waals surface area contributed by atoms with Crippen LogP contribution in [0, 0.1) is 13.8 Å². The molecule has 0 fully saturated rings. The minimum atomic E-state index is -0.252. The Morgan fingerprint density at radius 1 is 1.11 bits per heavy atom. The van der Waals surface area contributed by atoms with Gasteiger partial charge in [-0.25, -0.2) is 0 Å². The first-order valence-corrected chi connectivity index (χ1v) is 10.0. The van der Waals surface area contributed by atoms with E-state index in [-0.39, 0.29) is 17.8 Å². The summed E-state index contributed by atoms with van der Waals surface area (Å²) in [5, 5.41) is 12.1. The summed E-state index contributed by atoms with van der Waals surface area (Å²) in [7, 11) is 1.88. The number of hydrogen-bond acceptors (Lipinski definition) is 5. The van der Waals surface area contributed by atoms with Gasteiger partial charge in [0.2, 0.25) is 5.91 Å². The third-order valence-electron chi connectivity index (χ3n) is 4.37. The molecule has 1 amide bonds. The number of benzene rings is 2. The number of ether oxygens (including phenoxy) is 1. The highest BCUT2D eigenvalue weighted by atomic mass is 32.2. The van der Waals surface area contributed by atoms with Gasteiger partial charge in [0.05, 0.1) is 5.75 Å². The molecule has 0 aliphatic carbocycles. The maximum atomic E-state index is 12.4. The lowest BCUT2D eigenvalue weighted by Crippen LogP contribution is -2.16. The smallest absolute Gasteiger partial charge is 0.234 e. The summed E-state index contributed by atoms with van der Waals surface area (Å²) in [6.07, 6.45) is -0.252. The van der Waals surface area contributed by atoms with Crippen molar-refractivity contribution in [2.75, 3.05) is 11.1 Å². The summed E-state index contributed by atoms with van der Waals surface area (Å²) < 4.78 is 7.78. The molecule has 7 heteroatoms. The van der Waals surface area contributed by atoms with Crippen LogP contribution in [0.1, 0.15) is 30.0 Å². The molecule has 0 bridgehead atoms. The number of aryl methyl sites for hydroxylation is 2. The molecule has 146 valence electrons. The Morgan fingerprint density at radius 3 is 2.46 bits per heavy atom. The quantitative estimate of drug-likeness (QED) is 0.603. The van der Waals surface area contributed by atoms with Crippen LogP contribution in [0.25, 0.3) is 0 Å². The molecule has 1 heterocycles. The summed E-state index contributed by atoms with van der Waals surface area (Å²) in [5.74, 6) is 1.68. The van der Waals surface area contributed by atoms with Gasteiger partial charge in [0.25, 0.3) is 0 Å². The van der Waals surface area contributed by atoms with Gasteiger partial charge in [-0.15, -0.1) is 10.2 Å². The summed E-state index contributed by atoms with van der Waals surface area (Å²) in [6.45, 7) is 5.90. The van der Waals surface area contributed by atoms with Gasteiger partial charge in [0.15, 0.2) is 17.1 Å². The fourth-order valence-electron chi connectivity index (χ4n) is 2.88. The number of aromatic nitrogens is 3. The van der Waals surface area contributed by atoms with Crippen molar-refractivity contribution in [3.63, 3.8) is 0 Å². The highest BCUT2D eigenvalue weighted by Crippen LogP contribution is 2.24. The zero-order valence-corrected chi connectivity index (χ0v) is 17.3. The van der Waals surface area contributed by atoms with Crippen molar-refractivity contribution < 1.29 is 9.53 Å². The van der Waals surface area contributed by atoms with Gasteiger partial charge < -0.3 is 14.6 Å². The van der Waals surface area contributed by atoms with Crippen molar-refractivity contribution >= 4 is 23.4 Å². The average Bonchev–Trinajstić information content (AvgIpc) is 3.04. The molecule has 1 N–H and O–H groups in total. The number of rotatable bonds is 7. The number of anilines is 1. The summed E-state index contributed by atoms with van der Waals surface area (Å²) in [5.41, 5.74) is 2.97. The predicted octanol–water partition coefficient (Wildman–Crippen LogP) is 4.30. The van der Waals surface area contributed by atoms with Gasteiger partial charge in [-0.05, 0) is 44.0 Å². The Labute approximate surface area is 169 Å². The molecule has 3 aromatic rings. The first kappa shape index (κ1) is 19.9. The Hall–Kier alpha value is -2.80. The Balaban J connectivity index is 1.60. The lowest BCUT2D eigenvalue weighted by Gasteiger charge is -2.14. The molecule has 1 aromatic heterocycles. The molecule has 0 spiro atoms. The van der Waals surface area contributed by atoms with E-state index < -0.39 is 0 Å². The molecule has 0 aliphatic heterocycles. The molecule has 3 rings (SSSR count). The van der Waals surface area contributed by atoms with Gasteiger partial charge in [-0.1, -0.05) is 48.2 Å². The van der Waals surface area contributed by atoms with Crippen molar-refractivity contribution in [3.05, 3.63) is 65.5 Å². The molecular formula is C21H24N4O2S. The topological polar surface area (TPSA) is 69.0 Å². The van der Waals surface area contributed by atoms with Crippen LogP contribution in [0.4, 0.5) is 5.69 Å². The molecule has 0 aliphatic rings. The first-order valence-electron chi connectivity index (χ1n) is 9.05. The largest absolute Gasteiger partial charge is 0.483 e. The number of para-hydroxylation sites is 2. The van der Waals surface area contributed by atoms with E-state index in [1.165, 1.54) is 11.8 Å². The number of amides is 1.